The summed E-state index contributed by atoms with van der Waals surface area (Å²) in [6.45, 7) is 132. The van der Waals surface area contributed by atoms with E-state index in [0.717, 1.165) is 78.4 Å². The summed E-state index contributed by atoms with van der Waals surface area (Å²) in [5, 5.41) is 0. The molecule has 0 radical (unpaired) electrons. The second-order valence-electron chi connectivity index (χ2n) is 61.1. The molecule has 0 bridgehead atoms. The summed E-state index contributed by atoms with van der Waals surface area (Å²) in [5.41, 5.74) is 2.66. The van der Waals surface area contributed by atoms with Crippen LogP contribution in [-0.2, 0) is 0 Å². The molecule has 9 spiro atoms. The second kappa shape index (κ2) is 35.2. The fraction of sp³-hybridized carbons (Fsp3) is 1.00. The lowest BCUT2D eigenvalue weighted by molar-refractivity contribution is -1.18. The quantitative estimate of drug-likeness (QED) is 0.139. The fourth-order valence-electron chi connectivity index (χ4n) is 36.9. The van der Waals surface area contributed by atoms with Gasteiger partial charge in [-0.1, -0.05) is 69.2 Å². The molecule has 780 valence electrons. The second-order valence-corrected chi connectivity index (χ2v) is 61.1. The van der Waals surface area contributed by atoms with Crippen LogP contribution in [0.25, 0.3) is 0 Å². The highest BCUT2D eigenvalue weighted by Crippen LogP contribution is 2.67. The molecule has 14 rings (SSSR count). The van der Waals surface area contributed by atoms with Gasteiger partial charge in [0.05, 0.1) is 197 Å². The third kappa shape index (κ3) is 15.9. The van der Waals surface area contributed by atoms with Crippen LogP contribution in [0.3, 0.4) is 0 Å². The molecular formula is C113H238N20+10. The Hall–Kier alpha value is -0.800. The van der Waals surface area contributed by atoms with Crippen molar-refractivity contribution in [3.63, 3.8) is 0 Å². The molecule has 133 heavy (non-hydrogen) atoms. The molecule has 14 heterocycles. The minimum Gasteiger partial charge on any atom is -0.246 e. The van der Waals surface area contributed by atoms with Crippen molar-refractivity contribution in [2.75, 3.05) is 229 Å². The average molecular weight is 1880 g/mol. The molecule has 0 aliphatic carbocycles. The van der Waals surface area contributed by atoms with Crippen molar-refractivity contribution in [3.8, 4) is 0 Å². The van der Waals surface area contributed by atoms with Crippen LogP contribution < -0.4 is 0 Å². The zero-order chi connectivity index (χ0) is 102. The first-order valence-corrected chi connectivity index (χ1v) is 56.0. The molecule has 20 heteroatoms. The van der Waals surface area contributed by atoms with Crippen molar-refractivity contribution in [3.05, 3.63) is 0 Å². The maximum atomic E-state index is 3.08. The molecule has 14 fully saturated rings. The van der Waals surface area contributed by atoms with Gasteiger partial charge in [0.2, 0.25) is 0 Å². The monoisotopic (exact) mass is 1880 g/mol. The molecule has 7 unspecified atom stereocenters. The molecule has 0 N–H and O–H groups in total. The average Bonchev–Trinajstić information content (AvgIpc) is 1.48. The zero-order valence-corrected chi connectivity index (χ0v) is 100. The first-order valence-electron chi connectivity index (χ1n) is 56.0. The molecule has 0 aromatic carbocycles. The molecule has 0 amide bonds. The number of nitrogens with zero attached hydrogens (tertiary/aromatic N) is 20. The molecule has 14 aliphatic heterocycles. The first kappa shape index (κ1) is 114. The number of quaternary nitrogens is 10. The SMILES string of the molecule is CC(C)(C)N1CC(C)(C)[N+](C)(C)C12N(C(C)(C)C)C(C)(C)C[N+]2(C)C.CC(C)CN1CC(C)(C)[N+]2(CCCC2)C12N(CC(C)C)C(C)(C)C[N+]21CCCC1.CCC(C)(C)N1CC(C)(C)[N+](C)(C)C12N(C(C)(C)CC)C(C)(C)C[N+]2(C)C.CCC(C)N1CC(C)(C)[N+](C)(C)C12N(C(C)CC)C(C)(C)C[N+]2(C)C.CCCN1CC(C)(C)[N+]2(CCCC2)C12N(CCC)C(C)(C)C[N+]21CCCC1. The molecular weight excluding hydrogens is 1640 g/mol. The normalized spacial score (nSPS) is 35.2. The highest BCUT2D eigenvalue weighted by molar-refractivity contribution is 5.13. The van der Waals surface area contributed by atoms with E-state index in [1.165, 1.54) is 206 Å². The highest BCUT2D eigenvalue weighted by atomic mass is 15.9. The Morgan fingerprint density at radius 2 is 0.624 bits per heavy atom. The Kier molecular flexibility index (Phi) is 30.2. The van der Waals surface area contributed by atoms with Gasteiger partial charge in [-0.15, -0.1) is 0 Å². The van der Waals surface area contributed by atoms with E-state index in [4.69, 9.17) is 0 Å². The van der Waals surface area contributed by atoms with Crippen LogP contribution in [0.4, 0.5) is 0 Å². The summed E-state index contributed by atoms with van der Waals surface area (Å²) >= 11 is 0. The number of fused-ring (bicyclic) bond motifs is 4. The van der Waals surface area contributed by atoms with Crippen LogP contribution in [0.1, 0.15) is 381 Å². The topological polar surface area (TPSA) is 32.4 Å². The van der Waals surface area contributed by atoms with E-state index in [0.29, 0.717) is 34.6 Å². The molecule has 14 aliphatic rings. The fourth-order valence-corrected chi connectivity index (χ4v) is 36.9. The van der Waals surface area contributed by atoms with Gasteiger partial charge >= 0.3 is 29.6 Å². The standard InChI is InChI=1S/C25H50N4.C23H46N4.C23H50N4.2C21H46N4/c1-21(2)17-26-19-24(7,8)29(15-11-12-16-29)25(26)27(18-22(3)4)23(5,6)20-28(25)13-9-10-14-28;1-7-13-24-19-22(5,6)27(17-11-12-18-27)23(24)25(14-8-2)21(3,4)20-26(23)15-9-10-16-26;1-15-19(3,4)24-17-22(9,10)27(13,14)23(24)25(20(5,6)16-2)21(7,8)18-26(23,11)12;1-17(2,3)22-15-20(9,10)25(13,14)21(22)23(18(4,5)6)19(7,8)16-24(21,11)12;1-13-17(3)22-15-20(7,8)25(11,12)21(22)23(18(4)14-2)19(5,6)16-24(21,9)10/h21-22H,9-20H2,1-8H3;7-20H2,1-6H3;15-18H2,1-14H3;15-16H2,1-14H3;17-18H,13-16H2,1-12H3/q5*+2. The third-order valence-electron chi connectivity index (χ3n) is 41.7. The van der Waals surface area contributed by atoms with E-state index >= 15 is 0 Å². The van der Waals surface area contributed by atoms with Crippen LogP contribution in [0.2, 0.25) is 0 Å². The van der Waals surface area contributed by atoms with E-state index in [9.17, 15) is 0 Å². The number of rotatable bonds is 16. The molecule has 20 nitrogen and oxygen atoms in total. The van der Waals surface area contributed by atoms with Gasteiger partial charge in [0, 0.05) is 112 Å². The van der Waals surface area contributed by atoms with Gasteiger partial charge in [0.25, 0.3) is 0 Å². The van der Waals surface area contributed by atoms with Crippen LogP contribution in [0, 0.1) is 11.8 Å². The van der Waals surface area contributed by atoms with E-state index in [1.807, 2.05) is 0 Å². The number of likely N-dealkylation sites (N-methyl/N-ethyl adjacent to an activating group) is 6. The van der Waals surface area contributed by atoms with Gasteiger partial charge in [-0.3, -0.25) is 0 Å². The summed E-state index contributed by atoms with van der Waals surface area (Å²) in [7, 11) is 29.7. The van der Waals surface area contributed by atoms with Gasteiger partial charge in [0.15, 0.2) is 0 Å². The Morgan fingerprint density at radius 3 is 0.992 bits per heavy atom. The molecule has 7 atom stereocenters. The van der Waals surface area contributed by atoms with Crippen LogP contribution in [0.15, 0.2) is 0 Å². The number of hydrogen-bond acceptors (Lipinski definition) is 10. The minimum atomic E-state index is -0.108. The van der Waals surface area contributed by atoms with Crippen molar-refractivity contribution in [1.29, 1.82) is 0 Å². The largest absolute Gasteiger partial charge is 0.357 e. The maximum absolute atomic E-state index is 3.08. The number of hydrogen-bond donors (Lipinski definition) is 0. The minimum absolute atomic E-state index is 0.0299. The Morgan fingerprint density at radius 1 is 0.293 bits per heavy atom. The lowest BCUT2D eigenvalue weighted by Crippen LogP contribution is -2.85. The molecule has 0 saturated carbocycles. The van der Waals surface area contributed by atoms with Gasteiger partial charge in [-0.25, -0.2) is 44.8 Å². The Balaban J connectivity index is 0.000000173. The lowest BCUT2D eigenvalue weighted by Gasteiger charge is -2.61. The molecule has 14 saturated heterocycles. The van der Waals surface area contributed by atoms with Gasteiger partial charge in [0.1, 0.15) is 60.4 Å². The highest BCUT2D eigenvalue weighted by Gasteiger charge is 2.91. The van der Waals surface area contributed by atoms with Crippen LogP contribution in [-0.4, -0.2) is 442 Å². The molecule has 0 aromatic rings. The Labute approximate surface area is 829 Å². The van der Waals surface area contributed by atoms with Crippen LogP contribution in [0.5, 0.6) is 0 Å². The summed E-state index contributed by atoms with van der Waals surface area (Å²) < 4.78 is 11.4. The van der Waals surface area contributed by atoms with E-state index in [2.05, 4.69) is 424 Å². The van der Waals surface area contributed by atoms with E-state index < -0.39 is 0 Å². The summed E-state index contributed by atoms with van der Waals surface area (Å²) in [4.78, 5) is 29.5. The smallest absolute Gasteiger partial charge is 0.246 e. The third-order valence-corrected chi connectivity index (χ3v) is 41.7. The van der Waals surface area contributed by atoms with Crippen molar-refractivity contribution in [2.45, 2.75) is 500 Å². The van der Waals surface area contributed by atoms with Gasteiger partial charge in [-0.2, -0.15) is 49.0 Å². The van der Waals surface area contributed by atoms with E-state index in [1.54, 1.807) is 0 Å². The van der Waals surface area contributed by atoms with E-state index in [-0.39, 0.29) is 90.5 Å². The predicted octanol–water partition coefficient (Wildman–Crippen LogP) is 19.5. The summed E-state index contributed by atoms with van der Waals surface area (Å²) in [5.74, 6) is 1.52. The zero-order valence-electron chi connectivity index (χ0n) is 100. The van der Waals surface area contributed by atoms with Crippen molar-refractivity contribution in [2.24, 2.45) is 11.8 Å². The predicted molar refractivity (Wildman–Crippen MR) is 569 cm³/mol. The van der Waals surface area contributed by atoms with Crippen molar-refractivity contribution in [1.82, 2.24) is 49.0 Å². The first-order chi connectivity index (χ1) is 59.8. The Bertz CT molecular complexity index is 3970. The maximum Gasteiger partial charge on any atom is 0.357 e. The van der Waals surface area contributed by atoms with Crippen molar-refractivity contribution >= 4 is 0 Å². The van der Waals surface area contributed by atoms with Crippen molar-refractivity contribution < 1.29 is 44.8 Å². The van der Waals surface area contributed by atoms with Gasteiger partial charge < -0.3 is 0 Å². The summed E-state index contributed by atoms with van der Waals surface area (Å²) in [6, 6.07) is 1.14. The lowest BCUT2D eigenvalue weighted by atomic mass is 9.90. The van der Waals surface area contributed by atoms with Gasteiger partial charge in [-0.05, 0) is 272 Å². The summed E-state index contributed by atoms with van der Waals surface area (Å²) in [6.07, 6.45) is 18.6. The molecule has 0 aromatic heterocycles. The van der Waals surface area contributed by atoms with Crippen LogP contribution >= 0.6 is 0 Å².